The Morgan fingerprint density at radius 2 is 1.34 bits per heavy atom. The summed E-state index contributed by atoms with van der Waals surface area (Å²) in [7, 11) is 0. The van der Waals surface area contributed by atoms with Crippen LogP contribution in [0.15, 0.2) is 24.4 Å². The average Bonchev–Trinajstić information content (AvgIpc) is 3.44. The van der Waals surface area contributed by atoms with Crippen LogP contribution in [0.1, 0.15) is 142 Å². The maximum atomic E-state index is 12.9. The molecule has 2 amide bonds. The van der Waals surface area contributed by atoms with E-state index in [1.165, 1.54) is 96.3 Å². The van der Waals surface area contributed by atoms with Crippen LogP contribution in [-0.4, -0.2) is 42.5 Å². The molecule has 1 aliphatic rings. The van der Waals surface area contributed by atoms with E-state index in [0.717, 1.165) is 36.4 Å². The summed E-state index contributed by atoms with van der Waals surface area (Å²) in [6.07, 6.45) is 24.2. The molecular formula is C34H59N2O5+. The minimum absolute atomic E-state index is 0.0969. The van der Waals surface area contributed by atoms with E-state index in [4.69, 9.17) is 14.2 Å². The number of hydrogen-bond donors (Lipinski definition) is 0. The molecule has 0 saturated carbocycles. The Labute approximate surface area is 250 Å². The normalized spacial score (nSPS) is 16.6. The minimum atomic E-state index is -0.692. The Bertz CT molecular complexity index is 833. The van der Waals surface area contributed by atoms with Gasteiger partial charge >= 0.3 is 12.2 Å². The molecule has 1 fully saturated rings. The van der Waals surface area contributed by atoms with Gasteiger partial charge in [-0.15, -0.1) is 0 Å². The quantitative estimate of drug-likeness (QED) is 0.102. The second-order valence-electron chi connectivity index (χ2n) is 11.5. The molecule has 0 aromatic carbocycles. The number of pyridine rings is 1. The summed E-state index contributed by atoms with van der Waals surface area (Å²) < 4.78 is 18.8. The predicted molar refractivity (Wildman–Crippen MR) is 164 cm³/mol. The highest BCUT2D eigenvalue weighted by Crippen LogP contribution is 2.25. The summed E-state index contributed by atoms with van der Waals surface area (Å²) in [5, 5.41) is 0. The minimum Gasteiger partial charge on any atom is -0.449 e. The van der Waals surface area contributed by atoms with Gasteiger partial charge in [-0.25, -0.2) is 19.1 Å². The molecule has 2 heterocycles. The molecule has 0 unspecified atom stereocenters. The molecule has 2 atom stereocenters. The number of aromatic nitrogens is 1. The molecule has 7 nitrogen and oxygen atoms in total. The SMILES string of the molecule is CCCCCCCCCCCCCCCCC[C@H]1CC[C@@H](COC(=O)N(Cc2cccc[n+]2CC)C(=O)OCC)O1. The van der Waals surface area contributed by atoms with E-state index in [9.17, 15) is 9.59 Å². The lowest BCUT2D eigenvalue weighted by atomic mass is 10.0. The zero-order chi connectivity index (χ0) is 29.5. The van der Waals surface area contributed by atoms with E-state index in [1.54, 1.807) is 6.92 Å². The van der Waals surface area contributed by atoms with E-state index in [0.29, 0.717) is 0 Å². The number of carbonyl (C=O) groups is 2. The van der Waals surface area contributed by atoms with Crippen molar-refractivity contribution >= 4 is 12.2 Å². The van der Waals surface area contributed by atoms with Gasteiger partial charge in [0, 0.05) is 12.1 Å². The summed E-state index contributed by atoms with van der Waals surface area (Å²) in [4.78, 5) is 26.4. The Kier molecular flexibility index (Phi) is 19.2. The lowest BCUT2D eigenvalue weighted by molar-refractivity contribution is -0.701. The van der Waals surface area contributed by atoms with Crippen molar-refractivity contribution in [3.8, 4) is 0 Å². The molecule has 234 valence electrons. The van der Waals surface area contributed by atoms with Gasteiger partial charge in [0.25, 0.3) is 0 Å². The number of hydrogen-bond acceptors (Lipinski definition) is 5. The number of rotatable bonds is 22. The number of nitrogens with zero attached hydrogens (tertiary/aromatic N) is 2. The van der Waals surface area contributed by atoms with E-state index >= 15 is 0 Å². The van der Waals surface area contributed by atoms with Gasteiger partial charge in [0.2, 0.25) is 5.69 Å². The van der Waals surface area contributed by atoms with Crippen LogP contribution in [0.4, 0.5) is 9.59 Å². The van der Waals surface area contributed by atoms with Crippen LogP contribution in [0.3, 0.4) is 0 Å². The van der Waals surface area contributed by atoms with Gasteiger partial charge < -0.3 is 14.2 Å². The third kappa shape index (κ3) is 15.1. The van der Waals surface area contributed by atoms with Gasteiger partial charge in [-0.1, -0.05) is 109 Å². The number of carbonyl (C=O) groups excluding carboxylic acids is 2. The van der Waals surface area contributed by atoms with Crippen LogP contribution in [0.5, 0.6) is 0 Å². The molecule has 0 radical (unpaired) electrons. The standard InChI is InChI=1S/C34H59N2O5/c1-4-7-8-9-10-11-12-13-14-15-16-17-18-19-20-24-31-25-26-32(41-31)29-40-34(38)36(33(37)39-6-3)28-30-23-21-22-27-35(30)5-2/h21-23,27,31-32H,4-20,24-26,28-29H2,1-3H3/q+1/t31-,32-/m0/s1. The Morgan fingerprint density at radius 1 is 0.780 bits per heavy atom. The van der Waals surface area contributed by atoms with Crippen molar-refractivity contribution in [2.75, 3.05) is 13.2 Å². The van der Waals surface area contributed by atoms with Crippen LogP contribution in [0.25, 0.3) is 0 Å². The van der Waals surface area contributed by atoms with Gasteiger partial charge in [0.05, 0.1) is 18.8 Å². The third-order valence-corrected chi connectivity index (χ3v) is 8.12. The molecular weight excluding hydrogens is 516 g/mol. The Balaban J connectivity index is 1.54. The molecule has 1 aliphatic heterocycles. The van der Waals surface area contributed by atoms with Gasteiger partial charge in [0.15, 0.2) is 6.20 Å². The third-order valence-electron chi connectivity index (χ3n) is 8.12. The smallest absolute Gasteiger partial charge is 0.419 e. The van der Waals surface area contributed by atoms with Gasteiger partial charge in [-0.05, 0) is 33.1 Å². The fourth-order valence-corrected chi connectivity index (χ4v) is 5.63. The number of aryl methyl sites for hydroxylation is 1. The maximum Gasteiger partial charge on any atom is 0.419 e. The summed E-state index contributed by atoms with van der Waals surface area (Å²) in [6, 6.07) is 5.71. The lowest BCUT2D eigenvalue weighted by Crippen LogP contribution is -2.44. The van der Waals surface area contributed by atoms with Crippen LogP contribution in [-0.2, 0) is 27.3 Å². The van der Waals surface area contributed by atoms with Crippen LogP contribution >= 0.6 is 0 Å². The second-order valence-corrected chi connectivity index (χ2v) is 11.5. The van der Waals surface area contributed by atoms with Crippen LogP contribution < -0.4 is 4.57 Å². The van der Waals surface area contributed by atoms with Crippen molar-refractivity contribution in [3.63, 3.8) is 0 Å². The lowest BCUT2D eigenvalue weighted by Gasteiger charge is -2.20. The van der Waals surface area contributed by atoms with Crippen molar-refractivity contribution in [3.05, 3.63) is 30.1 Å². The molecule has 7 heteroatoms. The van der Waals surface area contributed by atoms with Crippen LogP contribution in [0.2, 0.25) is 0 Å². The monoisotopic (exact) mass is 575 g/mol. The van der Waals surface area contributed by atoms with Gasteiger partial charge in [-0.2, -0.15) is 0 Å². The summed E-state index contributed by atoms with van der Waals surface area (Å²) in [5.41, 5.74) is 0.834. The molecule has 0 N–H and O–H groups in total. The van der Waals surface area contributed by atoms with Crippen molar-refractivity contribution in [1.29, 1.82) is 0 Å². The summed E-state index contributed by atoms with van der Waals surface area (Å²) in [5.74, 6) is 0. The zero-order valence-corrected chi connectivity index (χ0v) is 26.5. The van der Waals surface area contributed by atoms with E-state index < -0.39 is 12.2 Å². The molecule has 2 rings (SSSR count). The van der Waals surface area contributed by atoms with Crippen LogP contribution in [0, 0.1) is 0 Å². The number of ether oxygens (including phenoxy) is 3. The average molecular weight is 576 g/mol. The molecule has 1 aromatic rings. The van der Waals surface area contributed by atoms with Crippen molar-refractivity contribution in [2.24, 2.45) is 0 Å². The molecule has 0 spiro atoms. The predicted octanol–water partition coefficient (Wildman–Crippen LogP) is 8.90. The Hall–Kier alpha value is -2.15. The van der Waals surface area contributed by atoms with Crippen molar-refractivity contribution < 1.29 is 28.4 Å². The van der Waals surface area contributed by atoms with E-state index in [1.807, 2.05) is 35.9 Å². The molecule has 0 aliphatic carbocycles. The highest BCUT2D eigenvalue weighted by atomic mass is 16.6. The fourth-order valence-electron chi connectivity index (χ4n) is 5.63. The number of amides is 2. The highest BCUT2D eigenvalue weighted by Gasteiger charge is 2.31. The first-order valence-corrected chi connectivity index (χ1v) is 16.8. The number of unbranched alkanes of at least 4 members (excludes halogenated alkanes) is 14. The maximum absolute atomic E-state index is 12.9. The molecule has 1 aromatic heterocycles. The largest absolute Gasteiger partial charge is 0.449 e. The zero-order valence-electron chi connectivity index (χ0n) is 26.5. The first kappa shape index (κ1) is 35.0. The van der Waals surface area contributed by atoms with Crippen molar-refractivity contribution in [1.82, 2.24) is 4.90 Å². The topological polar surface area (TPSA) is 69.0 Å². The molecule has 0 bridgehead atoms. The number of imide groups is 1. The first-order valence-electron chi connectivity index (χ1n) is 16.8. The van der Waals surface area contributed by atoms with Gasteiger partial charge in [-0.3, -0.25) is 0 Å². The van der Waals surface area contributed by atoms with E-state index in [2.05, 4.69) is 6.92 Å². The highest BCUT2D eigenvalue weighted by molar-refractivity contribution is 5.87. The summed E-state index contributed by atoms with van der Waals surface area (Å²) >= 11 is 0. The van der Waals surface area contributed by atoms with E-state index in [-0.39, 0.29) is 32.0 Å². The Morgan fingerprint density at radius 3 is 1.93 bits per heavy atom. The molecule has 1 saturated heterocycles. The first-order chi connectivity index (χ1) is 20.1. The second kappa shape index (κ2) is 22.4. The fraction of sp³-hybridized carbons (Fsp3) is 0.794. The van der Waals surface area contributed by atoms with Gasteiger partial charge in [0.1, 0.15) is 19.7 Å². The van der Waals surface area contributed by atoms with Crippen molar-refractivity contribution in [2.45, 2.75) is 162 Å². The molecule has 41 heavy (non-hydrogen) atoms. The summed E-state index contributed by atoms with van der Waals surface area (Å²) in [6.45, 7) is 7.20.